The van der Waals surface area contributed by atoms with Crippen molar-refractivity contribution in [3.8, 4) is 0 Å². The minimum Gasteiger partial charge on any atom is -0.391 e. The summed E-state index contributed by atoms with van der Waals surface area (Å²) in [6.07, 6.45) is 0.171. The van der Waals surface area contributed by atoms with E-state index in [-0.39, 0.29) is 5.91 Å². The van der Waals surface area contributed by atoms with Gasteiger partial charge in [-0.15, -0.1) is 0 Å². The third-order valence-corrected chi connectivity index (χ3v) is 3.03. The first-order valence-electron chi connectivity index (χ1n) is 6.22. The van der Waals surface area contributed by atoms with Crippen LogP contribution in [0.15, 0.2) is 24.3 Å². The highest BCUT2D eigenvalue weighted by Gasteiger charge is 2.22. The third-order valence-electron chi connectivity index (χ3n) is 3.03. The van der Waals surface area contributed by atoms with Crippen LogP contribution in [0.3, 0.4) is 0 Å². The molecule has 0 heterocycles. The zero-order valence-electron chi connectivity index (χ0n) is 11.3. The van der Waals surface area contributed by atoms with Crippen molar-refractivity contribution in [3.63, 3.8) is 0 Å². The van der Waals surface area contributed by atoms with Gasteiger partial charge < -0.3 is 15.7 Å². The van der Waals surface area contributed by atoms with E-state index < -0.39 is 12.1 Å². The van der Waals surface area contributed by atoms with Crippen LogP contribution in [0.25, 0.3) is 0 Å². The molecule has 18 heavy (non-hydrogen) atoms. The second-order valence-electron chi connectivity index (χ2n) is 4.63. The van der Waals surface area contributed by atoms with Crippen molar-refractivity contribution in [2.75, 3.05) is 7.05 Å². The maximum absolute atomic E-state index is 11.9. The molecule has 1 aromatic carbocycles. The average molecular weight is 250 g/mol. The van der Waals surface area contributed by atoms with Gasteiger partial charge in [0.25, 0.3) is 0 Å². The second kappa shape index (κ2) is 6.52. The lowest BCUT2D eigenvalue weighted by atomic mass is 10.1. The first-order valence-corrected chi connectivity index (χ1v) is 6.22. The number of amides is 1. The van der Waals surface area contributed by atoms with E-state index in [0.717, 1.165) is 12.0 Å². The zero-order chi connectivity index (χ0) is 13.7. The number of nitrogens with zero attached hydrogens (tertiary/aromatic N) is 1. The van der Waals surface area contributed by atoms with Crippen LogP contribution < -0.4 is 5.73 Å². The van der Waals surface area contributed by atoms with Crippen LogP contribution in [0.2, 0.25) is 0 Å². The molecule has 1 aromatic rings. The molecule has 0 bridgehead atoms. The molecular formula is C14H22N2O2. The number of aliphatic hydroxyl groups is 1. The average Bonchev–Trinajstić information content (AvgIpc) is 2.37. The smallest absolute Gasteiger partial charge is 0.242 e. The maximum Gasteiger partial charge on any atom is 0.242 e. The number of nitrogens with two attached hydrogens (primary N) is 1. The van der Waals surface area contributed by atoms with E-state index >= 15 is 0 Å². The number of benzene rings is 1. The number of likely N-dealkylation sites (N-methyl/N-ethyl adjacent to an activating group) is 1. The van der Waals surface area contributed by atoms with Crippen molar-refractivity contribution < 1.29 is 9.90 Å². The molecule has 0 saturated carbocycles. The summed E-state index contributed by atoms with van der Waals surface area (Å²) in [5.74, 6) is -0.246. The van der Waals surface area contributed by atoms with Gasteiger partial charge in [-0.2, -0.15) is 0 Å². The fourth-order valence-corrected chi connectivity index (χ4v) is 1.69. The largest absolute Gasteiger partial charge is 0.391 e. The molecule has 0 fully saturated rings. The molecule has 2 atom stereocenters. The predicted octanol–water partition coefficient (Wildman–Crippen LogP) is 0.916. The normalized spacial score (nSPS) is 14.1. The van der Waals surface area contributed by atoms with Crippen LogP contribution in [0, 0.1) is 0 Å². The highest BCUT2D eigenvalue weighted by Crippen LogP contribution is 2.08. The topological polar surface area (TPSA) is 66.6 Å². The van der Waals surface area contributed by atoms with Gasteiger partial charge in [-0.1, -0.05) is 31.2 Å². The van der Waals surface area contributed by atoms with Crippen molar-refractivity contribution in [1.29, 1.82) is 0 Å². The number of hydrogen-bond acceptors (Lipinski definition) is 3. The lowest BCUT2D eigenvalue weighted by Gasteiger charge is -2.23. The lowest BCUT2D eigenvalue weighted by Crippen LogP contribution is -2.47. The molecule has 0 aliphatic rings. The monoisotopic (exact) mass is 250 g/mol. The maximum atomic E-state index is 11.9. The van der Waals surface area contributed by atoms with Gasteiger partial charge >= 0.3 is 0 Å². The summed E-state index contributed by atoms with van der Waals surface area (Å²) >= 11 is 0. The van der Waals surface area contributed by atoms with Crippen molar-refractivity contribution in [3.05, 3.63) is 35.4 Å². The van der Waals surface area contributed by atoms with Gasteiger partial charge in [0.1, 0.15) is 6.04 Å². The minimum absolute atomic E-state index is 0.246. The van der Waals surface area contributed by atoms with Gasteiger partial charge in [0.2, 0.25) is 5.91 Å². The summed E-state index contributed by atoms with van der Waals surface area (Å²) in [5.41, 5.74) is 7.95. The Morgan fingerprint density at radius 2 is 1.83 bits per heavy atom. The Morgan fingerprint density at radius 3 is 2.28 bits per heavy atom. The van der Waals surface area contributed by atoms with Crippen LogP contribution in [0.5, 0.6) is 0 Å². The number of carbonyl (C=O) groups is 1. The molecule has 0 aliphatic heterocycles. The first kappa shape index (κ1) is 14.7. The number of rotatable bonds is 5. The Balaban J connectivity index is 2.63. The van der Waals surface area contributed by atoms with Gasteiger partial charge in [-0.3, -0.25) is 4.79 Å². The summed E-state index contributed by atoms with van der Waals surface area (Å²) in [5, 5.41) is 9.30. The molecule has 1 amide bonds. The van der Waals surface area contributed by atoms with Gasteiger partial charge in [0.05, 0.1) is 6.10 Å². The van der Waals surface area contributed by atoms with Crippen LogP contribution in [0.4, 0.5) is 0 Å². The fraction of sp³-hybridized carbons (Fsp3) is 0.500. The number of hydrogen-bond donors (Lipinski definition) is 2. The second-order valence-corrected chi connectivity index (χ2v) is 4.63. The highest BCUT2D eigenvalue weighted by molar-refractivity contribution is 5.81. The van der Waals surface area contributed by atoms with Crippen molar-refractivity contribution in [1.82, 2.24) is 4.90 Å². The van der Waals surface area contributed by atoms with Gasteiger partial charge in [-0.05, 0) is 24.5 Å². The molecule has 4 nitrogen and oxygen atoms in total. The summed E-state index contributed by atoms with van der Waals surface area (Å²) in [6, 6.07) is 7.28. The molecule has 1 rings (SSSR count). The SMILES string of the molecule is CCc1ccc(CN(C)C(=O)[C@H](N)[C@H](C)O)cc1. The molecule has 0 aliphatic carbocycles. The van der Waals surface area contributed by atoms with E-state index in [1.807, 2.05) is 12.1 Å². The van der Waals surface area contributed by atoms with Crippen molar-refractivity contribution in [2.24, 2.45) is 5.73 Å². The number of aryl methyl sites for hydroxylation is 1. The standard InChI is InChI=1S/C14H22N2O2/c1-4-11-5-7-12(8-6-11)9-16(3)14(18)13(15)10(2)17/h5-8,10,13,17H,4,9,15H2,1-3H3/t10-,13+/m0/s1. The summed E-state index contributed by atoms with van der Waals surface area (Å²) in [6.45, 7) is 4.13. The molecule has 0 spiro atoms. The number of carbonyl (C=O) groups excluding carboxylic acids is 1. The first-order chi connectivity index (χ1) is 8.45. The summed E-state index contributed by atoms with van der Waals surface area (Å²) < 4.78 is 0. The molecular weight excluding hydrogens is 228 g/mol. The Hall–Kier alpha value is -1.39. The molecule has 3 N–H and O–H groups in total. The predicted molar refractivity (Wildman–Crippen MR) is 72.0 cm³/mol. The van der Waals surface area contributed by atoms with E-state index in [2.05, 4.69) is 19.1 Å². The third kappa shape index (κ3) is 3.82. The van der Waals surface area contributed by atoms with E-state index in [0.29, 0.717) is 6.54 Å². The molecule has 0 saturated heterocycles. The molecule has 4 heteroatoms. The Labute approximate surface area is 108 Å². The van der Waals surface area contributed by atoms with Crippen LogP contribution in [-0.2, 0) is 17.8 Å². The van der Waals surface area contributed by atoms with Gasteiger partial charge in [-0.25, -0.2) is 0 Å². The van der Waals surface area contributed by atoms with Gasteiger partial charge in [0, 0.05) is 13.6 Å². The van der Waals surface area contributed by atoms with Gasteiger partial charge in [0.15, 0.2) is 0 Å². The molecule has 0 unspecified atom stereocenters. The van der Waals surface area contributed by atoms with Crippen LogP contribution in [-0.4, -0.2) is 35.1 Å². The Bertz CT molecular complexity index is 387. The zero-order valence-corrected chi connectivity index (χ0v) is 11.3. The lowest BCUT2D eigenvalue weighted by molar-refractivity contribution is -0.134. The molecule has 0 radical (unpaired) electrons. The fourth-order valence-electron chi connectivity index (χ4n) is 1.69. The van der Waals surface area contributed by atoms with E-state index in [4.69, 9.17) is 5.73 Å². The van der Waals surface area contributed by atoms with Crippen molar-refractivity contribution >= 4 is 5.91 Å². The van der Waals surface area contributed by atoms with E-state index in [1.54, 1.807) is 11.9 Å². The molecule has 100 valence electrons. The van der Waals surface area contributed by atoms with E-state index in [1.165, 1.54) is 12.5 Å². The number of aliphatic hydroxyl groups excluding tert-OH is 1. The highest BCUT2D eigenvalue weighted by atomic mass is 16.3. The van der Waals surface area contributed by atoms with E-state index in [9.17, 15) is 9.90 Å². The van der Waals surface area contributed by atoms with Crippen molar-refractivity contribution in [2.45, 2.75) is 39.0 Å². The summed E-state index contributed by atoms with van der Waals surface area (Å²) in [7, 11) is 1.69. The molecule has 0 aromatic heterocycles. The minimum atomic E-state index is -0.857. The van der Waals surface area contributed by atoms with Crippen LogP contribution >= 0.6 is 0 Å². The quantitative estimate of drug-likeness (QED) is 0.816. The summed E-state index contributed by atoms with van der Waals surface area (Å²) in [4.78, 5) is 13.4. The van der Waals surface area contributed by atoms with Crippen LogP contribution in [0.1, 0.15) is 25.0 Å². The Morgan fingerprint density at radius 1 is 1.33 bits per heavy atom. The Kier molecular flexibility index (Phi) is 5.31.